The van der Waals surface area contributed by atoms with E-state index in [0.29, 0.717) is 12.5 Å². The fourth-order valence-corrected chi connectivity index (χ4v) is 1.89. The molecule has 116 valence electrons. The number of amides is 1. The average molecular weight is 289 g/mol. The third-order valence-corrected chi connectivity index (χ3v) is 3.15. The van der Waals surface area contributed by atoms with Crippen LogP contribution in [0.1, 0.15) is 25.7 Å². The lowest BCUT2D eigenvalue weighted by atomic mass is 9.82. The smallest absolute Gasteiger partial charge is 0.322 e. The first-order valence-electron chi connectivity index (χ1n) is 6.52. The molecule has 0 spiro atoms. The zero-order valence-corrected chi connectivity index (χ0v) is 11.4. The summed E-state index contributed by atoms with van der Waals surface area (Å²) in [5, 5.41) is 18.7. The van der Waals surface area contributed by atoms with Crippen molar-refractivity contribution in [2.45, 2.75) is 25.7 Å². The van der Waals surface area contributed by atoms with Crippen LogP contribution in [0.5, 0.6) is 0 Å². The lowest BCUT2D eigenvalue weighted by Gasteiger charge is -2.24. The highest BCUT2D eigenvalue weighted by Gasteiger charge is 2.24. The number of nitrogens with two attached hydrogens (primary N) is 2. The number of rotatable bonds is 5. The molecule has 1 rings (SSSR count). The lowest BCUT2D eigenvalue weighted by Crippen LogP contribution is -2.34. The van der Waals surface area contributed by atoms with Crippen LogP contribution in [0.15, 0.2) is 0 Å². The van der Waals surface area contributed by atoms with Crippen LogP contribution in [0.25, 0.3) is 0 Å². The van der Waals surface area contributed by atoms with Gasteiger partial charge in [0.05, 0.1) is 12.5 Å². The number of carbonyl (C=O) groups is 3. The van der Waals surface area contributed by atoms with Crippen molar-refractivity contribution in [1.29, 1.82) is 0 Å². The molecule has 1 amide bonds. The molecule has 1 aliphatic rings. The highest BCUT2D eigenvalue weighted by Crippen LogP contribution is 2.27. The van der Waals surface area contributed by atoms with Gasteiger partial charge in [0.15, 0.2) is 0 Å². The van der Waals surface area contributed by atoms with Crippen LogP contribution < -0.4 is 16.8 Å². The van der Waals surface area contributed by atoms with Crippen LogP contribution in [0.2, 0.25) is 0 Å². The van der Waals surface area contributed by atoms with Crippen molar-refractivity contribution in [3.05, 3.63) is 0 Å². The molecule has 1 fully saturated rings. The average Bonchev–Trinajstić information content (AvgIpc) is 2.45. The van der Waals surface area contributed by atoms with Gasteiger partial charge >= 0.3 is 11.9 Å². The minimum atomic E-state index is -1.07. The van der Waals surface area contributed by atoms with Crippen molar-refractivity contribution in [3.63, 3.8) is 0 Å². The molecule has 0 heterocycles. The molecule has 0 aromatic rings. The van der Waals surface area contributed by atoms with Gasteiger partial charge in [0.2, 0.25) is 5.91 Å². The van der Waals surface area contributed by atoms with Crippen molar-refractivity contribution in [2.75, 3.05) is 19.6 Å². The molecule has 0 aliphatic heterocycles. The third-order valence-electron chi connectivity index (χ3n) is 3.15. The van der Waals surface area contributed by atoms with Crippen LogP contribution in [0.4, 0.5) is 0 Å². The summed E-state index contributed by atoms with van der Waals surface area (Å²) >= 11 is 0. The van der Waals surface area contributed by atoms with Crippen LogP contribution in [0.3, 0.4) is 0 Å². The van der Waals surface area contributed by atoms with E-state index in [9.17, 15) is 14.4 Å². The molecule has 1 aliphatic carbocycles. The Hall–Kier alpha value is -1.67. The number of carboxylic acids is 2. The van der Waals surface area contributed by atoms with E-state index in [4.69, 9.17) is 21.7 Å². The first-order chi connectivity index (χ1) is 9.40. The van der Waals surface area contributed by atoms with E-state index >= 15 is 0 Å². The summed E-state index contributed by atoms with van der Waals surface area (Å²) in [5.41, 5.74) is 10.3. The topological polar surface area (TPSA) is 156 Å². The summed E-state index contributed by atoms with van der Waals surface area (Å²) in [6.45, 7) is 0.176. The van der Waals surface area contributed by atoms with Gasteiger partial charge in [-0.05, 0) is 38.1 Å². The molecule has 0 saturated heterocycles. The predicted octanol–water partition coefficient (Wildman–Crippen LogP) is -1.02. The highest BCUT2D eigenvalue weighted by molar-refractivity contribution is 5.82. The monoisotopic (exact) mass is 289 g/mol. The maximum atomic E-state index is 10.5. The zero-order chi connectivity index (χ0) is 15.5. The van der Waals surface area contributed by atoms with Crippen molar-refractivity contribution < 1.29 is 24.6 Å². The Balaban J connectivity index is 0.000000370. The molecule has 8 heteroatoms. The minimum absolute atomic E-state index is 0.0993. The molecule has 0 unspecified atom stereocenters. The highest BCUT2D eigenvalue weighted by atomic mass is 16.4. The van der Waals surface area contributed by atoms with E-state index in [0.717, 1.165) is 25.7 Å². The molecular formula is C12H23N3O5. The van der Waals surface area contributed by atoms with Gasteiger partial charge in [-0.1, -0.05) is 0 Å². The first-order valence-corrected chi connectivity index (χ1v) is 6.52. The van der Waals surface area contributed by atoms with Gasteiger partial charge < -0.3 is 27.0 Å². The molecule has 0 atom stereocenters. The van der Waals surface area contributed by atoms with Crippen LogP contribution in [-0.2, 0) is 14.4 Å². The second-order valence-electron chi connectivity index (χ2n) is 4.67. The molecule has 0 bridgehead atoms. The van der Waals surface area contributed by atoms with Gasteiger partial charge in [0.1, 0.15) is 6.54 Å². The Bertz CT molecular complexity index is 327. The number of nitrogens with one attached hydrogen (secondary N) is 1. The van der Waals surface area contributed by atoms with Crippen molar-refractivity contribution in [2.24, 2.45) is 23.3 Å². The third kappa shape index (κ3) is 8.44. The Morgan fingerprint density at radius 2 is 1.60 bits per heavy atom. The van der Waals surface area contributed by atoms with E-state index in [1.54, 1.807) is 0 Å². The van der Waals surface area contributed by atoms with Gasteiger partial charge in [0.25, 0.3) is 0 Å². The summed E-state index contributed by atoms with van der Waals surface area (Å²) in [7, 11) is 0. The van der Waals surface area contributed by atoms with E-state index < -0.39 is 17.8 Å². The van der Waals surface area contributed by atoms with Gasteiger partial charge in [-0.2, -0.15) is 0 Å². The van der Waals surface area contributed by atoms with E-state index in [-0.39, 0.29) is 19.0 Å². The number of hydrogen-bond donors (Lipinski definition) is 5. The van der Waals surface area contributed by atoms with E-state index in [1.807, 2.05) is 0 Å². The number of aliphatic carboxylic acids is 2. The molecule has 0 aromatic heterocycles. The standard InChI is InChI=1S/C8H15NO2.C4H8N2O3/c9-5-6-1-3-7(4-2-6)8(10)11;5-1-3(7)6-2-4(8)9/h6-7H,1-5,9H2,(H,10,11);1-2,5H2,(H,6,7)(H,8,9)/t6-,7-;. The van der Waals surface area contributed by atoms with Gasteiger partial charge in [0, 0.05) is 0 Å². The van der Waals surface area contributed by atoms with Crippen molar-refractivity contribution in [1.82, 2.24) is 5.32 Å². The first kappa shape index (κ1) is 18.3. The number of carboxylic acid groups (broad SMARTS) is 2. The van der Waals surface area contributed by atoms with Crippen molar-refractivity contribution >= 4 is 17.8 Å². The Morgan fingerprint density at radius 1 is 1.05 bits per heavy atom. The Labute approximate surface area is 117 Å². The van der Waals surface area contributed by atoms with Crippen LogP contribution in [0, 0.1) is 11.8 Å². The van der Waals surface area contributed by atoms with Gasteiger partial charge in [-0.15, -0.1) is 0 Å². The molecule has 7 N–H and O–H groups in total. The van der Waals surface area contributed by atoms with E-state index in [1.165, 1.54) is 0 Å². The number of hydrogen-bond acceptors (Lipinski definition) is 5. The zero-order valence-electron chi connectivity index (χ0n) is 11.4. The summed E-state index contributed by atoms with van der Waals surface area (Å²) < 4.78 is 0. The Kier molecular flexibility index (Phi) is 9.31. The summed E-state index contributed by atoms with van der Waals surface area (Å²) in [5.74, 6) is -1.70. The normalized spacial score (nSPS) is 21.3. The summed E-state index contributed by atoms with van der Waals surface area (Å²) in [4.78, 5) is 30.5. The summed E-state index contributed by atoms with van der Waals surface area (Å²) in [6.07, 6.45) is 3.62. The van der Waals surface area contributed by atoms with E-state index in [2.05, 4.69) is 5.32 Å². The molecular weight excluding hydrogens is 266 g/mol. The Morgan fingerprint density at radius 3 is 1.95 bits per heavy atom. The second kappa shape index (κ2) is 10.2. The number of carbonyl (C=O) groups excluding carboxylic acids is 1. The van der Waals surface area contributed by atoms with Gasteiger partial charge in [-0.25, -0.2) is 0 Å². The SMILES string of the molecule is NCC(=O)NCC(=O)O.NC[C@H]1CC[C@H](C(=O)O)CC1. The fraction of sp³-hybridized carbons (Fsp3) is 0.750. The lowest BCUT2D eigenvalue weighted by molar-refractivity contribution is -0.143. The summed E-state index contributed by atoms with van der Waals surface area (Å²) in [6, 6.07) is 0. The van der Waals surface area contributed by atoms with Gasteiger partial charge in [-0.3, -0.25) is 14.4 Å². The molecule has 0 radical (unpaired) electrons. The largest absolute Gasteiger partial charge is 0.481 e. The maximum Gasteiger partial charge on any atom is 0.322 e. The molecule has 8 nitrogen and oxygen atoms in total. The second-order valence-corrected chi connectivity index (χ2v) is 4.67. The van der Waals surface area contributed by atoms with Crippen LogP contribution >= 0.6 is 0 Å². The molecule has 0 aromatic carbocycles. The fourth-order valence-electron chi connectivity index (χ4n) is 1.89. The molecule has 20 heavy (non-hydrogen) atoms. The predicted molar refractivity (Wildman–Crippen MR) is 71.8 cm³/mol. The minimum Gasteiger partial charge on any atom is -0.481 e. The molecule has 1 saturated carbocycles. The quantitative estimate of drug-likeness (QED) is 0.433. The maximum absolute atomic E-state index is 10.5. The van der Waals surface area contributed by atoms with Crippen molar-refractivity contribution in [3.8, 4) is 0 Å². The van der Waals surface area contributed by atoms with Crippen LogP contribution in [-0.4, -0.2) is 47.7 Å².